The molecule has 0 radical (unpaired) electrons. The number of likely N-dealkylation sites (tertiary alicyclic amines) is 1. The first-order valence-corrected chi connectivity index (χ1v) is 12.4. The molecule has 0 aliphatic carbocycles. The summed E-state index contributed by atoms with van der Waals surface area (Å²) in [5, 5.41) is 0. The lowest BCUT2D eigenvalue weighted by molar-refractivity contribution is -0.137. The highest BCUT2D eigenvalue weighted by Gasteiger charge is 2.36. The van der Waals surface area contributed by atoms with Crippen molar-refractivity contribution in [3.8, 4) is 5.75 Å². The molecule has 0 bridgehead atoms. The van der Waals surface area contributed by atoms with Gasteiger partial charge in [0.1, 0.15) is 17.7 Å². The molecule has 8 heteroatoms. The molecule has 5 rings (SSSR count). The predicted molar refractivity (Wildman–Crippen MR) is 131 cm³/mol. The average Bonchev–Trinajstić information content (AvgIpc) is 2.92. The number of hydrogen-bond donors (Lipinski definition) is 0. The molecule has 0 saturated carbocycles. The number of hydrogen-bond acceptors (Lipinski definition) is 5. The number of urea groups is 1. The van der Waals surface area contributed by atoms with Crippen LogP contribution in [0.5, 0.6) is 5.75 Å². The molecule has 3 amide bonds. The summed E-state index contributed by atoms with van der Waals surface area (Å²) in [6.07, 6.45) is 4.09. The molecule has 4 heterocycles. The van der Waals surface area contributed by atoms with E-state index in [2.05, 4.69) is 16.8 Å². The fraction of sp³-hybridized carbons (Fsp3) is 0.500. The van der Waals surface area contributed by atoms with E-state index in [0.29, 0.717) is 32.5 Å². The van der Waals surface area contributed by atoms with E-state index in [0.717, 1.165) is 49.9 Å². The summed E-state index contributed by atoms with van der Waals surface area (Å²) < 4.78 is 6.03. The van der Waals surface area contributed by atoms with Crippen LogP contribution in [0.15, 0.2) is 48.7 Å². The maximum Gasteiger partial charge on any atom is 0.324 e. The van der Waals surface area contributed by atoms with E-state index in [9.17, 15) is 9.59 Å². The maximum absolute atomic E-state index is 13.4. The molecular formula is C26H33N5O3. The number of para-hydroxylation sites is 2. The number of nitrogens with zero attached hydrogens (tertiary/aromatic N) is 5. The van der Waals surface area contributed by atoms with Gasteiger partial charge in [0.25, 0.3) is 0 Å². The maximum atomic E-state index is 13.4. The number of ether oxygens (including phenoxy) is 1. The molecule has 2 saturated heterocycles. The van der Waals surface area contributed by atoms with E-state index < -0.39 is 0 Å². The van der Waals surface area contributed by atoms with Gasteiger partial charge in [0.05, 0.1) is 12.2 Å². The molecule has 3 aliphatic heterocycles. The van der Waals surface area contributed by atoms with Crippen molar-refractivity contribution in [2.75, 3.05) is 55.6 Å². The second-order valence-corrected chi connectivity index (χ2v) is 9.27. The summed E-state index contributed by atoms with van der Waals surface area (Å²) in [6.45, 7) is 6.90. The fourth-order valence-corrected chi connectivity index (χ4v) is 5.14. The second-order valence-electron chi connectivity index (χ2n) is 9.27. The Morgan fingerprint density at radius 3 is 2.38 bits per heavy atom. The van der Waals surface area contributed by atoms with Crippen LogP contribution in [0.25, 0.3) is 0 Å². The first-order valence-electron chi connectivity index (χ1n) is 12.4. The number of fused-ring (bicyclic) bond motifs is 1. The Kier molecular flexibility index (Phi) is 6.56. The number of anilines is 2. The molecule has 0 unspecified atom stereocenters. The number of benzene rings is 1. The second kappa shape index (κ2) is 9.91. The van der Waals surface area contributed by atoms with Crippen molar-refractivity contribution in [3.05, 3.63) is 48.7 Å². The lowest BCUT2D eigenvalue weighted by Gasteiger charge is -2.41. The number of rotatable bonds is 3. The molecule has 1 aromatic heterocycles. The van der Waals surface area contributed by atoms with Gasteiger partial charge in [-0.3, -0.25) is 9.69 Å². The van der Waals surface area contributed by atoms with Crippen LogP contribution in [0, 0.1) is 5.92 Å². The normalized spacial score (nSPS) is 21.1. The third-order valence-corrected chi connectivity index (χ3v) is 7.20. The van der Waals surface area contributed by atoms with Gasteiger partial charge in [-0.1, -0.05) is 25.1 Å². The molecule has 0 spiro atoms. The van der Waals surface area contributed by atoms with Gasteiger partial charge in [0.15, 0.2) is 0 Å². The SMILES string of the molecule is CC[C@H]1CN(C(=O)N2CCC(C(=O)N3CCN(c4ccccn4)CC3)CC2)c2ccccc2O1. The van der Waals surface area contributed by atoms with Crippen LogP contribution < -0.4 is 14.5 Å². The Morgan fingerprint density at radius 2 is 1.68 bits per heavy atom. The molecule has 2 fully saturated rings. The Morgan fingerprint density at radius 1 is 0.941 bits per heavy atom. The number of piperidine rings is 1. The van der Waals surface area contributed by atoms with Gasteiger partial charge in [-0.05, 0) is 43.5 Å². The number of pyridine rings is 1. The molecule has 180 valence electrons. The van der Waals surface area contributed by atoms with Gasteiger partial charge in [-0.25, -0.2) is 9.78 Å². The minimum Gasteiger partial charge on any atom is -0.486 e. The Bertz CT molecular complexity index is 1000. The zero-order valence-corrected chi connectivity index (χ0v) is 19.8. The number of amides is 3. The van der Waals surface area contributed by atoms with Crippen molar-refractivity contribution in [2.24, 2.45) is 5.92 Å². The number of carbonyl (C=O) groups excluding carboxylic acids is 2. The summed E-state index contributed by atoms with van der Waals surface area (Å²) in [4.78, 5) is 39.0. The van der Waals surface area contributed by atoms with Crippen LogP contribution in [0.2, 0.25) is 0 Å². The minimum absolute atomic E-state index is 0.00252. The standard InChI is InChI=1S/C26H33N5O3/c1-2-21-19-31(22-7-3-4-8-23(22)34-21)26(33)30-13-10-20(11-14-30)25(32)29-17-15-28(16-18-29)24-9-5-6-12-27-24/h3-9,12,20-21H,2,10-11,13-19H2,1H3/t21-/m0/s1. The molecule has 1 atom stereocenters. The van der Waals surface area contributed by atoms with Crippen LogP contribution in [0.3, 0.4) is 0 Å². The van der Waals surface area contributed by atoms with E-state index in [-0.39, 0.29) is 24.0 Å². The quantitative estimate of drug-likeness (QED) is 0.699. The predicted octanol–water partition coefficient (Wildman–Crippen LogP) is 3.24. The van der Waals surface area contributed by atoms with Crippen LogP contribution >= 0.6 is 0 Å². The number of aromatic nitrogens is 1. The molecule has 8 nitrogen and oxygen atoms in total. The van der Waals surface area contributed by atoms with Crippen LogP contribution in [0.4, 0.5) is 16.3 Å². The highest BCUT2D eigenvalue weighted by Crippen LogP contribution is 2.35. The lowest BCUT2D eigenvalue weighted by Crippen LogP contribution is -2.54. The summed E-state index contributed by atoms with van der Waals surface area (Å²) in [7, 11) is 0. The number of piperazine rings is 1. The van der Waals surface area contributed by atoms with E-state index in [1.165, 1.54) is 0 Å². The Balaban J connectivity index is 1.15. The summed E-state index contributed by atoms with van der Waals surface area (Å²) in [6, 6.07) is 13.7. The van der Waals surface area contributed by atoms with Gasteiger partial charge in [-0.15, -0.1) is 0 Å². The fourth-order valence-electron chi connectivity index (χ4n) is 5.14. The highest BCUT2D eigenvalue weighted by atomic mass is 16.5. The zero-order chi connectivity index (χ0) is 23.5. The van der Waals surface area contributed by atoms with Crippen molar-refractivity contribution >= 4 is 23.4 Å². The van der Waals surface area contributed by atoms with Gasteiger partial charge in [0, 0.05) is 51.4 Å². The summed E-state index contributed by atoms with van der Waals surface area (Å²) in [5.74, 6) is 1.96. The highest BCUT2D eigenvalue weighted by molar-refractivity contribution is 5.94. The molecular weight excluding hydrogens is 430 g/mol. The van der Waals surface area contributed by atoms with Crippen molar-refractivity contribution < 1.29 is 14.3 Å². The van der Waals surface area contributed by atoms with Gasteiger partial charge in [-0.2, -0.15) is 0 Å². The minimum atomic E-state index is -0.00850. The topological polar surface area (TPSA) is 69.2 Å². The summed E-state index contributed by atoms with van der Waals surface area (Å²) in [5.41, 5.74) is 0.834. The third kappa shape index (κ3) is 4.54. The van der Waals surface area contributed by atoms with Gasteiger partial charge < -0.3 is 19.4 Å². The lowest BCUT2D eigenvalue weighted by atomic mass is 9.95. The van der Waals surface area contributed by atoms with Gasteiger partial charge in [0.2, 0.25) is 5.91 Å². The monoisotopic (exact) mass is 463 g/mol. The van der Waals surface area contributed by atoms with E-state index in [4.69, 9.17) is 4.74 Å². The Labute approximate surface area is 201 Å². The van der Waals surface area contributed by atoms with E-state index >= 15 is 0 Å². The van der Waals surface area contributed by atoms with E-state index in [1.54, 1.807) is 6.20 Å². The van der Waals surface area contributed by atoms with Crippen molar-refractivity contribution in [3.63, 3.8) is 0 Å². The molecule has 3 aliphatic rings. The van der Waals surface area contributed by atoms with Crippen molar-refractivity contribution in [1.82, 2.24) is 14.8 Å². The van der Waals surface area contributed by atoms with Crippen molar-refractivity contribution in [2.45, 2.75) is 32.3 Å². The molecule has 0 N–H and O–H groups in total. The van der Waals surface area contributed by atoms with Crippen LogP contribution in [-0.2, 0) is 4.79 Å². The summed E-state index contributed by atoms with van der Waals surface area (Å²) >= 11 is 0. The smallest absolute Gasteiger partial charge is 0.324 e. The van der Waals surface area contributed by atoms with Crippen LogP contribution in [-0.4, -0.2) is 78.6 Å². The van der Waals surface area contributed by atoms with Gasteiger partial charge >= 0.3 is 6.03 Å². The third-order valence-electron chi connectivity index (χ3n) is 7.20. The Hall–Kier alpha value is -3.29. The first-order chi connectivity index (χ1) is 16.6. The number of carbonyl (C=O) groups is 2. The molecule has 2 aromatic rings. The largest absolute Gasteiger partial charge is 0.486 e. The zero-order valence-electron chi connectivity index (χ0n) is 19.8. The molecule has 34 heavy (non-hydrogen) atoms. The van der Waals surface area contributed by atoms with Crippen molar-refractivity contribution in [1.29, 1.82) is 0 Å². The van der Waals surface area contributed by atoms with E-state index in [1.807, 2.05) is 57.2 Å². The van der Waals surface area contributed by atoms with Crippen LogP contribution in [0.1, 0.15) is 26.2 Å². The average molecular weight is 464 g/mol. The first kappa shape index (κ1) is 22.5. The molecule has 1 aromatic carbocycles.